The van der Waals surface area contributed by atoms with E-state index in [-0.39, 0.29) is 6.10 Å². The SMILES string of the molecule is C=C1N(C)c2cnc3ccc(-c4cncc(C(C)(C)O)c4)cc3c2N1CC(C)OC. The molecule has 0 aliphatic carbocycles. The Morgan fingerprint density at radius 3 is 2.63 bits per heavy atom. The molecule has 0 fully saturated rings. The van der Waals surface area contributed by atoms with Crippen LogP contribution in [0.1, 0.15) is 26.3 Å². The number of pyridine rings is 2. The fraction of sp³-hybridized carbons (Fsp3) is 0.333. The number of fused-ring (bicyclic) bond motifs is 3. The maximum Gasteiger partial charge on any atom is 0.105 e. The van der Waals surface area contributed by atoms with Crippen LogP contribution in [0.4, 0.5) is 11.4 Å². The summed E-state index contributed by atoms with van der Waals surface area (Å²) in [6.07, 6.45) is 5.48. The van der Waals surface area contributed by atoms with Crippen molar-refractivity contribution in [3.8, 4) is 11.1 Å². The van der Waals surface area contributed by atoms with Crippen molar-refractivity contribution in [1.82, 2.24) is 9.97 Å². The number of rotatable bonds is 5. The monoisotopic (exact) mass is 404 g/mol. The van der Waals surface area contributed by atoms with Crippen molar-refractivity contribution < 1.29 is 9.84 Å². The fourth-order valence-corrected chi connectivity index (χ4v) is 3.79. The molecular formula is C24H28N4O2. The van der Waals surface area contributed by atoms with E-state index in [1.807, 2.05) is 44.6 Å². The summed E-state index contributed by atoms with van der Waals surface area (Å²) in [6.45, 7) is 10.6. The predicted octanol–water partition coefficient (Wildman–Crippen LogP) is 4.29. The van der Waals surface area contributed by atoms with E-state index in [1.165, 1.54) is 0 Å². The molecular weight excluding hydrogens is 376 g/mol. The van der Waals surface area contributed by atoms with Crippen molar-refractivity contribution in [2.75, 3.05) is 30.5 Å². The molecule has 3 heterocycles. The second-order valence-electron chi connectivity index (χ2n) is 8.38. The third-order valence-corrected chi connectivity index (χ3v) is 5.77. The lowest BCUT2D eigenvalue weighted by molar-refractivity contribution is 0.0783. The molecule has 2 aromatic heterocycles. The van der Waals surface area contributed by atoms with E-state index in [0.717, 1.165) is 44.8 Å². The number of anilines is 2. The second-order valence-corrected chi connectivity index (χ2v) is 8.38. The van der Waals surface area contributed by atoms with Gasteiger partial charge in [0.1, 0.15) is 5.82 Å². The highest BCUT2D eigenvalue weighted by Gasteiger charge is 2.31. The molecule has 6 nitrogen and oxygen atoms in total. The van der Waals surface area contributed by atoms with E-state index < -0.39 is 5.60 Å². The zero-order valence-corrected chi connectivity index (χ0v) is 18.2. The van der Waals surface area contributed by atoms with Gasteiger partial charge < -0.3 is 19.6 Å². The van der Waals surface area contributed by atoms with Gasteiger partial charge in [0.2, 0.25) is 0 Å². The standard InChI is InChI=1S/C24H28N4O2/c1-15(30-6)14-28-16(2)27(5)22-13-26-21-8-7-17(10-20(21)23(22)28)18-9-19(12-25-11-18)24(3,4)29/h7-13,15,29H,2,14H2,1,3-6H3. The van der Waals surface area contributed by atoms with Crippen molar-refractivity contribution in [2.45, 2.75) is 32.5 Å². The molecule has 156 valence electrons. The number of nitrogens with zero attached hydrogens (tertiary/aromatic N) is 4. The lowest BCUT2D eigenvalue weighted by Gasteiger charge is -2.25. The van der Waals surface area contributed by atoms with Gasteiger partial charge in [-0.2, -0.15) is 0 Å². The summed E-state index contributed by atoms with van der Waals surface area (Å²) in [6, 6.07) is 8.20. The van der Waals surface area contributed by atoms with Gasteiger partial charge in [-0.3, -0.25) is 9.97 Å². The molecule has 0 saturated heterocycles. The average molecular weight is 405 g/mol. The van der Waals surface area contributed by atoms with Gasteiger partial charge in [0.15, 0.2) is 0 Å². The molecule has 0 radical (unpaired) electrons. The number of hydrogen-bond acceptors (Lipinski definition) is 6. The van der Waals surface area contributed by atoms with Crippen LogP contribution in [0.3, 0.4) is 0 Å². The van der Waals surface area contributed by atoms with Crippen LogP contribution in [0, 0.1) is 0 Å². The molecule has 4 rings (SSSR count). The van der Waals surface area contributed by atoms with E-state index in [2.05, 4.69) is 32.4 Å². The van der Waals surface area contributed by atoms with Gasteiger partial charge in [-0.15, -0.1) is 0 Å². The first-order chi connectivity index (χ1) is 14.2. The van der Waals surface area contributed by atoms with Crippen molar-refractivity contribution in [3.05, 3.63) is 60.8 Å². The van der Waals surface area contributed by atoms with Crippen molar-refractivity contribution in [1.29, 1.82) is 0 Å². The molecule has 1 unspecified atom stereocenters. The van der Waals surface area contributed by atoms with E-state index in [9.17, 15) is 5.11 Å². The van der Waals surface area contributed by atoms with Crippen LogP contribution >= 0.6 is 0 Å². The highest BCUT2D eigenvalue weighted by Crippen LogP contribution is 2.45. The molecule has 3 aromatic rings. The predicted molar refractivity (Wildman–Crippen MR) is 122 cm³/mol. The Morgan fingerprint density at radius 1 is 1.17 bits per heavy atom. The summed E-state index contributed by atoms with van der Waals surface area (Å²) in [4.78, 5) is 13.3. The maximum absolute atomic E-state index is 10.4. The van der Waals surface area contributed by atoms with E-state index in [1.54, 1.807) is 27.2 Å². The lowest BCUT2D eigenvalue weighted by Crippen LogP contribution is -2.32. The molecule has 1 N–H and O–H groups in total. The number of aliphatic hydroxyl groups is 1. The van der Waals surface area contributed by atoms with E-state index >= 15 is 0 Å². The van der Waals surface area contributed by atoms with Gasteiger partial charge in [-0.1, -0.05) is 12.6 Å². The second kappa shape index (κ2) is 7.38. The minimum atomic E-state index is -0.948. The third-order valence-electron chi connectivity index (χ3n) is 5.77. The normalized spacial score (nSPS) is 15.1. The smallest absolute Gasteiger partial charge is 0.105 e. The first kappa shape index (κ1) is 20.3. The quantitative estimate of drug-likeness (QED) is 0.685. The Kier molecular flexibility index (Phi) is 5.00. The average Bonchev–Trinajstić information content (AvgIpc) is 2.97. The summed E-state index contributed by atoms with van der Waals surface area (Å²) in [5.74, 6) is 0.902. The zero-order chi connectivity index (χ0) is 21.6. The molecule has 0 bridgehead atoms. The van der Waals surface area contributed by atoms with Crippen LogP contribution in [0.5, 0.6) is 0 Å². The van der Waals surface area contributed by atoms with E-state index in [4.69, 9.17) is 4.74 Å². The first-order valence-corrected chi connectivity index (χ1v) is 10.0. The highest BCUT2D eigenvalue weighted by molar-refractivity contribution is 6.03. The van der Waals surface area contributed by atoms with Crippen LogP contribution in [0.2, 0.25) is 0 Å². The number of aromatic nitrogens is 2. The van der Waals surface area contributed by atoms with Gasteiger partial charge >= 0.3 is 0 Å². The van der Waals surface area contributed by atoms with Crippen LogP contribution in [-0.2, 0) is 10.3 Å². The molecule has 0 saturated carbocycles. The Hall–Kier alpha value is -2.96. The minimum Gasteiger partial charge on any atom is -0.386 e. The van der Waals surface area contributed by atoms with Gasteiger partial charge in [0.25, 0.3) is 0 Å². The van der Waals surface area contributed by atoms with Gasteiger partial charge in [0, 0.05) is 43.1 Å². The van der Waals surface area contributed by atoms with Crippen molar-refractivity contribution >= 4 is 22.3 Å². The number of ether oxygens (including phenoxy) is 1. The molecule has 1 aliphatic heterocycles. The number of benzene rings is 1. The van der Waals surface area contributed by atoms with Crippen LogP contribution in [-0.4, -0.2) is 41.9 Å². The van der Waals surface area contributed by atoms with E-state index in [0.29, 0.717) is 6.54 Å². The molecule has 1 atom stereocenters. The Morgan fingerprint density at radius 2 is 1.93 bits per heavy atom. The van der Waals surface area contributed by atoms with Crippen LogP contribution in [0.15, 0.2) is 55.3 Å². The summed E-state index contributed by atoms with van der Waals surface area (Å²) in [5.41, 5.74) is 4.84. The molecule has 0 amide bonds. The van der Waals surface area contributed by atoms with Crippen molar-refractivity contribution in [2.24, 2.45) is 0 Å². The summed E-state index contributed by atoms with van der Waals surface area (Å²) in [7, 11) is 3.73. The fourth-order valence-electron chi connectivity index (χ4n) is 3.79. The minimum absolute atomic E-state index is 0.0557. The van der Waals surface area contributed by atoms with Gasteiger partial charge in [0.05, 0.1) is 41.3 Å². The molecule has 1 aromatic carbocycles. The Balaban J connectivity index is 1.87. The topological polar surface area (TPSA) is 61.7 Å². The summed E-state index contributed by atoms with van der Waals surface area (Å²) in [5, 5.41) is 11.4. The zero-order valence-electron chi connectivity index (χ0n) is 18.2. The van der Waals surface area contributed by atoms with Gasteiger partial charge in [-0.25, -0.2) is 0 Å². The Labute approximate surface area is 177 Å². The number of methoxy groups -OCH3 is 1. The third kappa shape index (κ3) is 3.42. The molecule has 6 heteroatoms. The highest BCUT2D eigenvalue weighted by atomic mass is 16.5. The first-order valence-electron chi connectivity index (χ1n) is 10.0. The number of hydrogen-bond donors (Lipinski definition) is 1. The lowest BCUT2D eigenvalue weighted by atomic mass is 9.96. The largest absolute Gasteiger partial charge is 0.386 e. The van der Waals surface area contributed by atoms with Crippen LogP contribution < -0.4 is 9.80 Å². The van der Waals surface area contributed by atoms with Gasteiger partial charge in [-0.05, 0) is 44.5 Å². The molecule has 1 aliphatic rings. The van der Waals surface area contributed by atoms with Crippen LogP contribution in [0.25, 0.3) is 22.0 Å². The molecule has 30 heavy (non-hydrogen) atoms. The Bertz CT molecular complexity index is 1120. The van der Waals surface area contributed by atoms with Crippen molar-refractivity contribution in [3.63, 3.8) is 0 Å². The maximum atomic E-state index is 10.4. The summed E-state index contributed by atoms with van der Waals surface area (Å²) >= 11 is 0. The molecule has 0 spiro atoms. The summed E-state index contributed by atoms with van der Waals surface area (Å²) < 4.78 is 5.51.